The Morgan fingerprint density at radius 3 is 3.00 bits per heavy atom. The number of nitrogens with zero attached hydrogens (tertiary/aromatic N) is 2. The van der Waals surface area contributed by atoms with Crippen molar-refractivity contribution in [1.29, 1.82) is 0 Å². The van der Waals surface area contributed by atoms with Gasteiger partial charge in [-0.25, -0.2) is 0 Å². The summed E-state index contributed by atoms with van der Waals surface area (Å²) in [6, 6.07) is -0.0935. The summed E-state index contributed by atoms with van der Waals surface area (Å²) in [7, 11) is 0. The van der Waals surface area contributed by atoms with Crippen LogP contribution in [0.2, 0.25) is 0 Å². The predicted octanol–water partition coefficient (Wildman–Crippen LogP) is 1.12. The van der Waals surface area contributed by atoms with Crippen molar-refractivity contribution in [1.82, 2.24) is 15.5 Å². The van der Waals surface area contributed by atoms with Crippen LogP contribution in [-0.2, 0) is 11.2 Å². The monoisotopic (exact) mass is 280 g/mol. The van der Waals surface area contributed by atoms with E-state index in [1.807, 2.05) is 6.92 Å². The third-order valence-electron chi connectivity index (χ3n) is 2.03. The molecule has 0 aromatic carbocycles. The van der Waals surface area contributed by atoms with Gasteiger partial charge in [0.25, 0.3) is 0 Å². The Morgan fingerprint density at radius 2 is 2.44 bits per heavy atom. The lowest BCUT2D eigenvalue weighted by Gasteiger charge is -2.06. The van der Waals surface area contributed by atoms with Crippen molar-refractivity contribution in [3.8, 4) is 0 Å². The van der Waals surface area contributed by atoms with Crippen LogP contribution in [0.3, 0.4) is 0 Å². The molecule has 0 aliphatic carbocycles. The second-order valence-corrected chi connectivity index (χ2v) is 5.21. The fourth-order valence-corrected chi connectivity index (χ4v) is 2.83. The first-order valence-electron chi connectivity index (χ1n) is 4.74. The zero-order valence-corrected chi connectivity index (χ0v) is 11.2. The number of halogens is 1. The van der Waals surface area contributed by atoms with Crippen LogP contribution in [0.1, 0.15) is 11.9 Å². The molecule has 2 N–H and O–H groups in total. The van der Waals surface area contributed by atoms with E-state index in [-0.39, 0.29) is 24.4 Å². The first-order valence-corrected chi connectivity index (χ1v) is 6.71. The first kappa shape index (κ1) is 13.7. The number of aryl methyl sites for hydroxylation is 1. The van der Waals surface area contributed by atoms with Crippen LogP contribution in [0.4, 0.5) is 5.13 Å². The van der Waals surface area contributed by atoms with Gasteiger partial charge in [-0.1, -0.05) is 18.3 Å². The van der Waals surface area contributed by atoms with Crippen molar-refractivity contribution in [2.75, 3.05) is 16.9 Å². The lowest BCUT2D eigenvalue weighted by Crippen LogP contribution is -2.37. The maximum Gasteiger partial charge on any atom is 0.244 e. The van der Waals surface area contributed by atoms with Crippen molar-refractivity contribution >= 4 is 46.5 Å². The number of amides is 1. The largest absolute Gasteiger partial charge is 0.299 e. The average Bonchev–Trinajstić information content (AvgIpc) is 2.87. The molecule has 16 heavy (non-hydrogen) atoms. The molecular formula is C8H13ClN4OS2. The number of nitrogens with one attached hydrogen (secondary N) is 2. The van der Waals surface area contributed by atoms with Gasteiger partial charge >= 0.3 is 0 Å². The molecular weight excluding hydrogens is 268 g/mol. The summed E-state index contributed by atoms with van der Waals surface area (Å²) in [6.07, 6.45) is 0.852. The van der Waals surface area contributed by atoms with E-state index < -0.39 is 0 Å². The van der Waals surface area contributed by atoms with Crippen LogP contribution >= 0.6 is 35.5 Å². The van der Waals surface area contributed by atoms with Gasteiger partial charge in [-0.05, 0) is 6.42 Å². The highest BCUT2D eigenvalue weighted by Crippen LogP contribution is 2.17. The first-order chi connectivity index (χ1) is 7.29. The number of thioether (sulfide) groups is 1. The highest BCUT2D eigenvalue weighted by molar-refractivity contribution is 7.99. The summed E-state index contributed by atoms with van der Waals surface area (Å²) in [4.78, 5) is 11.7. The van der Waals surface area contributed by atoms with Crippen LogP contribution in [0.25, 0.3) is 0 Å². The van der Waals surface area contributed by atoms with Crippen molar-refractivity contribution < 1.29 is 4.79 Å². The van der Waals surface area contributed by atoms with E-state index in [2.05, 4.69) is 20.8 Å². The Kier molecular flexibility index (Phi) is 5.47. The Morgan fingerprint density at radius 1 is 1.62 bits per heavy atom. The Hall–Kier alpha value is -0.370. The highest BCUT2D eigenvalue weighted by atomic mass is 35.5. The molecule has 0 saturated carbocycles. The Bertz CT molecular complexity index is 354. The minimum Gasteiger partial charge on any atom is -0.299 e. The summed E-state index contributed by atoms with van der Waals surface area (Å²) in [5.41, 5.74) is 0. The maximum atomic E-state index is 11.7. The number of anilines is 1. The molecule has 1 amide bonds. The van der Waals surface area contributed by atoms with E-state index in [9.17, 15) is 4.79 Å². The molecule has 1 fully saturated rings. The molecule has 8 heteroatoms. The summed E-state index contributed by atoms with van der Waals surface area (Å²) in [5, 5.41) is 15.3. The fourth-order valence-electron chi connectivity index (χ4n) is 1.20. The second kappa shape index (κ2) is 6.39. The predicted molar refractivity (Wildman–Crippen MR) is 69.4 cm³/mol. The molecule has 2 heterocycles. The van der Waals surface area contributed by atoms with Crippen LogP contribution in [-0.4, -0.2) is 33.8 Å². The van der Waals surface area contributed by atoms with Gasteiger partial charge in [-0.3, -0.25) is 15.4 Å². The van der Waals surface area contributed by atoms with Gasteiger partial charge in [0.05, 0.1) is 6.04 Å². The number of carbonyl (C=O) groups excluding carboxylic acids is 1. The molecule has 1 aliphatic heterocycles. The summed E-state index contributed by atoms with van der Waals surface area (Å²) in [6.45, 7) is 2.02. The minimum absolute atomic E-state index is 0. The van der Waals surface area contributed by atoms with E-state index in [1.54, 1.807) is 11.8 Å². The normalized spacial score (nSPS) is 19.2. The van der Waals surface area contributed by atoms with E-state index in [4.69, 9.17) is 0 Å². The smallest absolute Gasteiger partial charge is 0.244 e. The topological polar surface area (TPSA) is 66.9 Å². The molecule has 1 atom stereocenters. The SMILES string of the molecule is CCc1nnc(NC(=O)[C@H]2CSCN2)s1.Cl. The van der Waals surface area contributed by atoms with Crippen LogP contribution in [0.5, 0.6) is 0 Å². The fraction of sp³-hybridized carbons (Fsp3) is 0.625. The zero-order chi connectivity index (χ0) is 10.7. The van der Waals surface area contributed by atoms with Gasteiger partial charge in [0.15, 0.2) is 0 Å². The quantitative estimate of drug-likeness (QED) is 0.869. The van der Waals surface area contributed by atoms with Gasteiger partial charge in [-0.2, -0.15) is 0 Å². The van der Waals surface area contributed by atoms with Gasteiger partial charge in [0.1, 0.15) is 5.01 Å². The highest BCUT2D eigenvalue weighted by Gasteiger charge is 2.23. The third kappa shape index (κ3) is 3.31. The molecule has 1 aliphatic rings. The molecule has 90 valence electrons. The van der Waals surface area contributed by atoms with E-state index in [0.29, 0.717) is 5.13 Å². The van der Waals surface area contributed by atoms with Crippen molar-refractivity contribution in [2.45, 2.75) is 19.4 Å². The van der Waals surface area contributed by atoms with Crippen molar-refractivity contribution in [3.63, 3.8) is 0 Å². The van der Waals surface area contributed by atoms with Crippen molar-refractivity contribution in [3.05, 3.63) is 5.01 Å². The van der Waals surface area contributed by atoms with Gasteiger partial charge < -0.3 is 0 Å². The average molecular weight is 281 g/mol. The number of aromatic nitrogens is 2. The molecule has 1 aromatic heterocycles. The number of carbonyl (C=O) groups is 1. The van der Waals surface area contributed by atoms with Crippen LogP contribution in [0.15, 0.2) is 0 Å². The number of hydrogen-bond acceptors (Lipinski definition) is 6. The van der Waals surface area contributed by atoms with Crippen molar-refractivity contribution in [2.24, 2.45) is 0 Å². The Balaban J connectivity index is 0.00000128. The maximum absolute atomic E-state index is 11.7. The molecule has 0 bridgehead atoms. The standard InChI is InChI=1S/C8H12N4OS2.ClH/c1-2-6-11-12-8(15-6)10-7(13)5-3-14-4-9-5;/h5,9H,2-4H2,1H3,(H,10,12,13);1H/t5-;/m1./s1. The second-order valence-electron chi connectivity index (χ2n) is 3.12. The van der Waals surface area contributed by atoms with Gasteiger partial charge in [-0.15, -0.1) is 34.4 Å². The third-order valence-corrected chi connectivity index (χ3v) is 3.96. The Labute approximate surface area is 108 Å². The lowest BCUT2D eigenvalue weighted by atomic mass is 10.3. The molecule has 0 spiro atoms. The lowest BCUT2D eigenvalue weighted by molar-refractivity contribution is -0.117. The summed E-state index contributed by atoms with van der Waals surface area (Å²) >= 11 is 3.16. The van der Waals surface area contributed by atoms with E-state index in [0.717, 1.165) is 23.1 Å². The van der Waals surface area contributed by atoms with Crippen LogP contribution in [0, 0.1) is 0 Å². The van der Waals surface area contributed by atoms with Gasteiger partial charge in [0.2, 0.25) is 11.0 Å². The van der Waals surface area contributed by atoms with E-state index in [1.165, 1.54) is 11.3 Å². The number of rotatable bonds is 3. The zero-order valence-electron chi connectivity index (χ0n) is 8.73. The molecule has 0 unspecified atom stereocenters. The van der Waals surface area contributed by atoms with Gasteiger partial charge in [0, 0.05) is 11.6 Å². The summed E-state index contributed by atoms with van der Waals surface area (Å²) in [5.74, 6) is 1.65. The molecule has 1 aromatic rings. The van der Waals surface area contributed by atoms with Crippen LogP contribution < -0.4 is 10.6 Å². The number of hydrogen-bond donors (Lipinski definition) is 2. The summed E-state index contributed by atoms with van der Waals surface area (Å²) < 4.78 is 0. The molecule has 1 saturated heterocycles. The van der Waals surface area contributed by atoms with E-state index >= 15 is 0 Å². The molecule has 5 nitrogen and oxygen atoms in total. The minimum atomic E-state index is -0.0935. The molecule has 0 radical (unpaired) electrons. The molecule has 2 rings (SSSR count).